The summed E-state index contributed by atoms with van der Waals surface area (Å²) in [5, 5.41) is 10.3. The Morgan fingerprint density at radius 3 is 2.08 bits per heavy atom. The normalized spacial score (nSPS) is 13.9. The van der Waals surface area contributed by atoms with Crippen LogP contribution in [0.3, 0.4) is 0 Å². The monoisotopic (exact) mass is 322 g/mol. The minimum Gasteiger partial charge on any atom is -0.507 e. The summed E-state index contributed by atoms with van der Waals surface area (Å²) in [6.45, 7) is 12.0. The van der Waals surface area contributed by atoms with Gasteiger partial charge in [-0.25, -0.2) is 0 Å². The molecule has 3 nitrogen and oxygen atoms in total. The molecule has 0 aromatic heterocycles. The Balaban J connectivity index is 1.79. The molecule has 0 spiro atoms. The Hall–Kier alpha value is -2.42. The van der Waals surface area contributed by atoms with Crippen LogP contribution in [0, 0.1) is 34.6 Å². The Labute approximate surface area is 144 Å². The van der Waals surface area contributed by atoms with E-state index in [1.807, 2.05) is 13.0 Å². The van der Waals surface area contributed by atoms with E-state index in [-0.39, 0.29) is 0 Å². The molecule has 1 heterocycles. The van der Waals surface area contributed by atoms with Gasteiger partial charge in [0.1, 0.15) is 5.75 Å². The second-order valence-electron chi connectivity index (χ2n) is 6.99. The lowest BCUT2D eigenvalue weighted by Gasteiger charge is -2.25. The van der Waals surface area contributed by atoms with Gasteiger partial charge in [0.25, 0.3) is 0 Å². The van der Waals surface area contributed by atoms with Crippen LogP contribution in [0.15, 0.2) is 36.7 Å². The van der Waals surface area contributed by atoms with Gasteiger partial charge in [0, 0.05) is 30.2 Å². The number of hydrogen-bond donors (Lipinski definition) is 1. The average Bonchev–Trinajstić information content (AvgIpc) is 2.91. The third-order valence-electron chi connectivity index (χ3n) is 4.61. The number of rotatable bonds is 3. The fourth-order valence-corrected chi connectivity index (χ4v) is 3.73. The Morgan fingerprint density at radius 2 is 1.42 bits per heavy atom. The van der Waals surface area contributed by atoms with Crippen molar-refractivity contribution >= 4 is 5.69 Å². The highest BCUT2D eigenvalue weighted by Crippen LogP contribution is 2.30. The lowest BCUT2D eigenvalue weighted by Crippen LogP contribution is -2.25. The smallest absolute Gasteiger partial charge is 0.123 e. The van der Waals surface area contributed by atoms with Gasteiger partial charge in [-0.3, -0.25) is 0 Å². The molecule has 0 fully saturated rings. The lowest BCUT2D eigenvalue weighted by atomic mass is 10.0. The molecule has 0 atom stereocenters. The van der Waals surface area contributed by atoms with E-state index >= 15 is 0 Å². The first-order chi connectivity index (χ1) is 11.3. The van der Waals surface area contributed by atoms with Gasteiger partial charge in [-0.1, -0.05) is 35.4 Å². The predicted molar refractivity (Wildman–Crippen MR) is 100 cm³/mol. The molecular weight excluding hydrogens is 296 g/mol. The van der Waals surface area contributed by atoms with E-state index in [4.69, 9.17) is 0 Å². The maximum atomic E-state index is 10.3. The largest absolute Gasteiger partial charge is 0.507 e. The number of phenols is 1. The minimum atomic E-state index is 0.412. The zero-order valence-corrected chi connectivity index (χ0v) is 15.2. The molecule has 0 saturated heterocycles. The van der Waals surface area contributed by atoms with Crippen molar-refractivity contribution in [2.45, 2.75) is 41.2 Å². The number of nitrogens with zero attached hydrogens (tertiary/aromatic N) is 2. The van der Waals surface area contributed by atoms with Crippen LogP contribution in [-0.2, 0) is 6.54 Å². The van der Waals surface area contributed by atoms with Crippen LogP contribution in [0.1, 0.15) is 33.4 Å². The van der Waals surface area contributed by atoms with Crippen molar-refractivity contribution in [3.8, 4) is 5.75 Å². The van der Waals surface area contributed by atoms with Gasteiger partial charge in [0.2, 0.25) is 0 Å². The third-order valence-corrected chi connectivity index (χ3v) is 4.61. The highest BCUT2D eigenvalue weighted by atomic mass is 16.3. The van der Waals surface area contributed by atoms with Crippen molar-refractivity contribution in [3.05, 3.63) is 70.0 Å². The number of anilines is 1. The second kappa shape index (κ2) is 6.23. The van der Waals surface area contributed by atoms with Gasteiger partial charge in [-0.05, 0) is 51.3 Å². The number of aromatic hydroxyl groups is 1. The number of phenolic OH excluding ortho intramolecular Hbond substituents is 1. The van der Waals surface area contributed by atoms with Crippen LogP contribution >= 0.6 is 0 Å². The molecule has 2 aromatic carbocycles. The molecule has 0 bridgehead atoms. The van der Waals surface area contributed by atoms with Crippen LogP contribution in [0.4, 0.5) is 5.69 Å². The van der Waals surface area contributed by atoms with Crippen molar-refractivity contribution in [1.29, 1.82) is 0 Å². The predicted octanol–water partition coefficient (Wildman–Crippen LogP) is 4.69. The van der Waals surface area contributed by atoms with E-state index in [1.54, 1.807) is 0 Å². The summed E-state index contributed by atoms with van der Waals surface area (Å²) in [6.07, 6.45) is 4.24. The molecule has 0 unspecified atom stereocenters. The van der Waals surface area contributed by atoms with E-state index in [0.717, 1.165) is 17.8 Å². The standard InChI is InChI=1S/C21H26N2O/c1-14-8-16(3)20(17(4)9-14)23-7-6-22(13-23)12-19-11-15(2)10-18(5)21(19)24/h6-11,24H,12-13H2,1-5H3. The van der Waals surface area contributed by atoms with Crippen LogP contribution < -0.4 is 4.90 Å². The van der Waals surface area contributed by atoms with Gasteiger partial charge in [0.15, 0.2) is 0 Å². The molecule has 0 radical (unpaired) electrons. The molecule has 3 heteroatoms. The second-order valence-corrected chi connectivity index (χ2v) is 6.99. The summed E-state index contributed by atoms with van der Waals surface area (Å²) < 4.78 is 0. The number of benzene rings is 2. The summed E-state index contributed by atoms with van der Waals surface area (Å²) in [6, 6.07) is 8.55. The molecule has 3 rings (SSSR count). The zero-order valence-electron chi connectivity index (χ0n) is 15.2. The molecule has 0 saturated carbocycles. The highest BCUT2D eigenvalue weighted by molar-refractivity contribution is 5.62. The van der Waals surface area contributed by atoms with E-state index in [2.05, 4.69) is 68.1 Å². The summed E-state index contributed by atoms with van der Waals surface area (Å²) >= 11 is 0. The average molecular weight is 322 g/mol. The van der Waals surface area contributed by atoms with Gasteiger partial charge < -0.3 is 14.9 Å². The Morgan fingerprint density at radius 1 is 0.833 bits per heavy atom. The molecule has 1 aliphatic heterocycles. The zero-order chi connectivity index (χ0) is 17.4. The summed E-state index contributed by atoms with van der Waals surface area (Å²) in [7, 11) is 0. The fourth-order valence-electron chi connectivity index (χ4n) is 3.73. The van der Waals surface area contributed by atoms with Crippen LogP contribution in [0.2, 0.25) is 0 Å². The van der Waals surface area contributed by atoms with Crippen LogP contribution in [0.5, 0.6) is 5.75 Å². The van der Waals surface area contributed by atoms with Crippen LogP contribution in [0.25, 0.3) is 0 Å². The van der Waals surface area contributed by atoms with E-state index in [1.165, 1.54) is 27.9 Å². The first-order valence-electron chi connectivity index (χ1n) is 8.41. The quantitative estimate of drug-likeness (QED) is 0.888. The molecule has 24 heavy (non-hydrogen) atoms. The topological polar surface area (TPSA) is 26.7 Å². The lowest BCUT2D eigenvalue weighted by molar-refractivity contribution is 0.383. The van der Waals surface area contributed by atoms with Gasteiger partial charge in [0.05, 0.1) is 6.67 Å². The maximum Gasteiger partial charge on any atom is 0.123 e. The first-order valence-corrected chi connectivity index (χ1v) is 8.41. The van der Waals surface area contributed by atoms with Crippen molar-refractivity contribution in [3.63, 3.8) is 0 Å². The first kappa shape index (κ1) is 16.4. The third kappa shape index (κ3) is 3.12. The van der Waals surface area contributed by atoms with Crippen molar-refractivity contribution in [2.24, 2.45) is 0 Å². The minimum absolute atomic E-state index is 0.412. The Bertz CT molecular complexity index is 785. The highest BCUT2D eigenvalue weighted by Gasteiger charge is 2.19. The molecule has 126 valence electrons. The van der Waals surface area contributed by atoms with Crippen molar-refractivity contribution < 1.29 is 5.11 Å². The molecular formula is C21H26N2O. The summed E-state index contributed by atoms with van der Waals surface area (Å²) in [5.74, 6) is 0.412. The maximum absolute atomic E-state index is 10.3. The van der Waals surface area contributed by atoms with Crippen molar-refractivity contribution in [1.82, 2.24) is 4.90 Å². The van der Waals surface area contributed by atoms with Gasteiger partial charge >= 0.3 is 0 Å². The SMILES string of the molecule is Cc1cc(C)c(N2C=CN(Cc3cc(C)cc(C)c3O)C2)c(C)c1. The van der Waals surface area contributed by atoms with Gasteiger partial charge in [-0.15, -0.1) is 0 Å². The molecule has 0 amide bonds. The number of hydrogen-bond acceptors (Lipinski definition) is 3. The van der Waals surface area contributed by atoms with Crippen molar-refractivity contribution in [2.75, 3.05) is 11.6 Å². The fraction of sp³-hybridized carbons (Fsp3) is 0.333. The molecule has 0 aliphatic carbocycles. The van der Waals surface area contributed by atoms with E-state index in [0.29, 0.717) is 12.3 Å². The summed E-state index contributed by atoms with van der Waals surface area (Å²) in [5.41, 5.74) is 8.29. The van der Waals surface area contributed by atoms with Gasteiger partial charge in [-0.2, -0.15) is 0 Å². The molecule has 1 N–H and O–H groups in total. The van der Waals surface area contributed by atoms with E-state index in [9.17, 15) is 5.11 Å². The molecule has 2 aromatic rings. The summed E-state index contributed by atoms with van der Waals surface area (Å²) in [4.78, 5) is 4.51. The number of aryl methyl sites for hydroxylation is 5. The molecule has 1 aliphatic rings. The Kier molecular flexibility index (Phi) is 4.27. The van der Waals surface area contributed by atoms with Crippen LogP contribution in [-0.4, -0.2) is 16.7 Å². The van der Waals surface area contributed by atoms with E-state index < -0.39 is 0 Å².